The Balaban J connectivity index is 2.52. The van der Waals surface area contributed by atoms with Crippen LogP contribution in [0.2, 0.25) is 0 Å². The third-order valence-electron chi connectivity index (χ3n) is 2.81. The fourth-order valence-corrected chi connectivity index (χ4v) is 2.52. The van der Waals surface area contributed by atoms with Crippen LogP contribution in [0.4, 0.5) is 0 Å². The molecule has 1 heteroatoms. The molecule has 0 aromatic heterocycles. The average Bonchev–Trinajstić information content (AvgIpc) is 2.24. The van der Waals surface area contributed by atoms with Crippen molar-refractivity contribution in [2.75, 3.05) is 0 Å². The van der Waals surface area contributed by atoms with Crippen LogP contribution in [0.5, 0.6) is 0 Å². The van der Waals surface area contributed by atoms with Crippen molar-refractivity contribution in [3.05, 3.63) is 53.6 Å². The first kappa shape index (κ1) is 8.20. The summed E-state index contributed by atoms with van der Waals surface area (Å²) < 4.78 is 0. The summed E-state index contributed by atoms with van der Waals surface area (Å²) in [6.07, 6.45) is 4.45. The van der Waals surface area contributed by atoms with Crippen LogP contribution < -0.4 is 0 Å². The number of allylic oxidation sites excluding steroid dienone is 1. The summed E-state index contributed by atoms with van der Waals surface area (Å²) in [6, 6.07) is 13.0. The molecule has 1 aliphatic rings. The standard InChI is InChI=1S/C13H11P/c14-12-8-7-10-4-1-3-9-5-2-6-11(12)13(9)10/h1-8,12H,14H2. The molecule has 14 heavy (non-hydrogen) atoms. The second-order valence-corrected chi connectivity index (χ2v) is 4.40. The summed E-state index contributed by atoms with van der Waals surface area (Å²) in [5, 5.41) is 2.76. The zero-order valence-electron chi connectivity index (χ0n) is 7.77. The Morgan fingerprint density at radius 1 is 1.00 bits per heavy atom. The molecule has 0 amide bonds. The van der Waals surface area contributed by atoms with Gasteiger partial charge < -0.3 is 0 Å². The summed E-state index contributed by atoms with van der Waals surface area (Å²) in [7, 11) is 2.88. The Labute approximate surface area is 85.8 Å². The van der Waals surface area contributed by atoms with Gasteiger partial charge in [-0.2, -0.15) is 0 Å². The van der Waals surface area contributed by atoms with Gasteiger partial charge in [-0.25, -0.2) is 0 Å². The molecule has 2 aromatic carbocycles. The second-order valence-electron chi connectivity index (χ2n) is 3.68. The van der Waals surface area contributed by atoms with Crippen LogP contribution in [0, 0.1) is 0 Å². The molecule has 1 aliphatic carbocycles. The lowest BCUT2D eigenvalue weighted by molar-refractivity contribution is 1.25. The highest BCUT2D eigenvalue weighted by Crippen LogP contribution is 2.37. The van der Waals surface area contributed by atoms with E-state index < -0.39 is 0 Å². The Hall–Kier alpha value is -1.13. The van der Waals surface area contributed by atoms with E-state index in [9.17, 15) is 0 Å². The minimum atomic E-state index is 0.466. The molecular formula is C13H11P. The molecule has 0 saturated carbocycles. The van der Waals surface area contributed by atoms with Gasteiger partial charge in [-0.15, -0.1) is 9.24 Å². The fraction of sp³-hybridized carbons (Fsp3) is 0.0769. The Morgan fingerprint density at radius 2 is 1.79 bits per heavy atom. The zero-order valence-corrected chi connectivity index (χ0v) is 8.93. The molecule has 2 unspecified atom stereocenters. The minimum Gasteiger partial charge on any atom is -0.126 e. The topological polar surface area (TPSA) is 0 Å². The number of benzene rings is 2. The normalized spacial score (nSPS) is 18.8. The second kappa shape index (κ2) is 2.93. The van der Waals surface area contributed by atoms with Crippen molar-refractivity contribution in [3.63, 3.8) is 0 Å². The van der Waals surface area contributed by atoms with Crippen LogP contribution in [0.15, 0.2) is 42.5 Å². The van der Waals surface area contributed by atoms with Gasteiger partial charge in [0.1, 0.15) is 0 Å². The molecule has 0 aliphatic heterocycles. The largest absolute Gasteiger partial charge is 0.126 e. The van der Waals surface area contributed by atoms with E-state index in [1.54, 1.807) is 0 Å². The van der Waals surface area contributed by atoms with E-state index >= 15 is 0 Å². The molecule has 0 bridgehead atoms. The lowest BCUT2D eigenvalue weighted by Crippen LogP contribution is -1.94. The van der Waals surface area contributed by atoms with Gasteiger partial charge in [-0.3, -0.25) is 0 Å². The van der Waals surface area contributed by atoms with Gasteiger partial charge in [0.25, 0.3) is 0 Å². The van der Waals surface area contributed by atoms with Crippen LogP contribution in [-0.2, 0) is 0 Å². The van der Waals surface area contributed by atoms with E-state index in [-0.39, 0.29) is 0 Å². The Morgan fingerprint density at radius 3 is 2.64 bits per heavy atom. The smallest absolute Gasteiger partial charge is 0.0173 e. The summed E-state index contributed by atoms with van der Waals surface area (Å²) in [5.74, 6) is 0. The van der Waals surface area contributed by atoms with Crippen LogP contribution in [0.3, 0.4) is 0 Å². The fourth-order valence-electron chi connectivity index (χ4n) is 2.13. The zero-order chi connectivity index (χ0) is 9.54. The van der Waals surface area contributed by atoms with Crippen LogP contribution >= 0.6 is 9.24 Å². The van der Waals surface area contributed by atoms with E-state index in [0.29, 0.717) is 5.66 Å². The first-order chi connectivity index (χ1) is 6.86. The molecule has 0 heterocycles. The van der Waals surface area contributed by atoms with Gasteiger partial charge in [0, 0.05) is 5.66 Å². The summed E-state index contributed by atoms with van der Waals surface area (Å²) in [6.45, 7) is 0. The average molecular weight is 198 g/mol. The molecule has 0 N–H and O–H groups in total. The van der Waals surface area contributed by atoms with Gasteiger partial charge in [0.2, 0.25) is 0 Å². The molecular weight excluding hydrogens is 187 g/mol. The molecule has 0 nitrogen and oxygen atoms in total. The molecule has 0 saturated heterocycles. The van der Waals surface area contributed by atoms with Gasteiger partial charge in [0.15, 0.2) is 0 Å². The van der Waals surface area contributed by atoms with E-state index in [2.05, 4.69) is 57.8 Å². The predicted molar refractivity (Wildman–Crippen MR) is 65.4 cm³/mol. The number of rotatable bonds is 0. The van der Waals surface area contributed by atoms with Gasteiger partial charge in [-0.1, -0.05) is 48.6 Å². The molecule has 68 valence electrons. The third kappa shape index (κ3) is 1.04. The van der Waals surface area contributed by atoms with Crippen molar-refractivity contribution < 1.29 is 0 Å². The van der Waals surface area contributed by atoms with E-state index in [1.165, 1.54) is 21.9 Å². The van der Waals surface area contributed by atoms with Crippen molar-refractivity contribution in [1.29, 1.82) is 0 Å². The monoisotopic (exact) mass is 198 g/mol. The quantitative estimate of drug-likeness (QED) is 0.565. The molecule has 0 radical (unpaired) electrons. The lowest BCUT2D eigenvalue weighted by atomic mass is 9.93. The van der Waals surface area contributed by atoms with E-state index in [4.69, 9.17) is 0 Å². The summed E-state index contributed by atoms with van der Waals surface area (Å²) in [4.78, 5) is 0. The Bertz CT molecular complexity index is 520. The van der Waals surface area contributed by atoms with Crippen LogP contribution in [0.25, 0.3) is 16.8 Å². The van der Waals surface area contributed by atoms with Crippen molar-refractivity contribution in [2.24, 2.45) is 0 Å². The summed E-state index contributed by atoms with van der Waals surface area (Å²) in [5.41, 5.74) is 3.23. The SMILES string of the molecule is PC1C=Cc2cccc3cccc1c23. The third-order valence-corrected chi connectivity index (χ3v) is 3.39. The van der Waals surface area contributed by atoms with Crippen molar-refractivity contribution in [3.8, 4) is 0 Å². The minimum absolute atomic E-state index is 0.466. The van der Waals surface area contributed by atoms with Crippen molar-refractivity contribution in [2.45, 2.75) is 5.66 Å². The number of hydrogen-bond donors (Lipinski definition) is 0. The maximum absolute atomic E-state index is 2.88. The van der Waals surface area contributed by atoms with Crippen LogP contribution in [0.1, 0.15) is 16.8 Å². The maximum atomic E-state index is 2.88. The lowest BCUT2D eigenvalue weighted by Gasteiger charge is -2.17. The summed E-state index contributed by atoms with van der Waals surface area (Å²) >= 11 is 0. The number of hydrogen-bond acceptors (Lipinski definition) is 0. The molecule has 0 fully saturated rings. The van der Waals surface area contributed by atoms with Gasteiger partial charge in [0.05, 0.1) is 0 Å². The first-order valence-electron chi connectivity index (χ1n) is 4.82. The van der Waals surface area contributed by atoms with Crippen molar-refractivity contribution in [1.82, 2.24) is 0 Å². The van der Waals surface area contributed by atoms with Gasteiger partial charge >= 0.3 is 0 Å². The highest BCUT2D eigenvalue weighted by Gasteiger charge is 2.12. The van der Waals surface area contributed by atoms with Crippen molar-refractivity contribution >= 4 is 26.1 Å². The maximum Gasteiger partial charge on any atom is 0.0173 e. The molecule has 3 rings (SSSR count). The van der Waals surface area contributed by atoms with E-state index in [0.717, 1.165) is 0 Å². The molecule has 0 spiro atoms. The molecule has 2 aromatic rings. The highest BCUT2D eigenvalue weighted by atomic mass is 31.0. The predicted octanol–water partition coefficient (Wildman–Crippen LogP) is 3.78. The molecule has 2 atom stereocenters. The highest BCUT2D eigenvalue weighted by molar-refractivity contribution is 7.17. The first-order valence-corrected chi connectivity index (χ1v) is 5.48. The van der Waals surface area contributed by atoms with Crippen LogP contribution in [-0.4, -0.2) is 0 Å². The van der Waals surface area contributed by atoms with Gasteiger partial charge in [-0.05, 0) is 21.9 Å². The Kier molecular flexibility index (Phi) is 1.72. The van der Waals surface area contributed by atoms with E-state index in [1.807, 2.05) is 0 Å².